The van der Waals surface area contributed by atoms with Gasteiger partial charge in [0.05, 0.1) is 0 Å². The summed E-state index contributed by atoms with van der Waals surface area (Å²) in [5.74, 6) is 2.37. The maximum Gasteiger partial charge on any atom is 0.410 e. The summed E-state index contributed by atoms with van der Waals surface area (Å²) in [4.78, 5) is 14.0. The van der Waals surface area contributed by atoms with E-state index in [2.05, 4.69) is 6.92 Å². The van der Waals surface area contributed by atoms with Gasteiger partial charge in [0, 0.05) is 13.1 Å². The van der Waals surface area contributed by atoms with Gasteiger partial charge in [0.2, 0.25) is 0 Å². The standard InChI is InChI=1S/C16H29NO2/c1-5-6-7-12-8-13-10-17(11-14(13)9-12)15(18)19-16(2,3)4/h12-14H,5-11H2,1-4H3. The first kappa shape index (κ1) is 14.7. The molecule has 1 aliphatic carbocycles. The second kappa shape index (κ2) is 5.72. The monoisotopic (exact) mass is 267 g/mol. The van der Waals surface area contributed by atoms with Crippen LogP contribution in [0.1, 0.15) is 59.8 Å². The molecule has 110 valence electrons. The Morgan fingerprint density at radius 2 is 1.79 bits per heavy atom. The molecule has 0 bridgehead atoms. The van der Waals surface area contributed by atoms with Gasteiger partial charge in [-0.15, -0.1) is 0 Å². The Kier molecular flexibility index (Phi) is 4.42. The van der Waals surface area contributed by atoms with Crippen molar-refractivity contribution in [3.05, 3.63) is 0 Å². The fourth-order valence-electron chi connectivity index (χ4n) is 3.63. The van der Waals surface area contributed by atoms with E-state index in [9.17, 15) is 4.79 Å². The van der Waals surface area contributed by atoms with Crippen molar-refractivity contribution in [1.29, 1.82) is 0 Å². The van der Waals surface area contributed by atoms with Crippen LogP contribution in [0.3, 0.4) is 0 Å². The first-order chi connectivity index (χ1) is 8.89. The van der Waals surface area contributed by atoms with Gasteiger partial charge < -0.3 is 9.64 Å². The second-order valence-electron chi connectivity index (χ2n) is 7.39. The van der Waals surface area contributed by atoms with Crippen LogP contribution in [0.4, 0.5) is 4.79 Å². The van der Waals surface area contributed by atoms with Crippen molar-refractivity contribution in [3.8, 4) is 0 Å². The lowest BCUT2D eigenvalue weighted by molar-refractivity contribution is 0.0277. The molecule has 2 fully saturated rings. The molecule has 0 N–H and O–H groups in total. The largest absolute Gasteiger partial charge is 0.444 e. The molecule has 2 unspecified atom stereocenters. The van der Waals surface area contributed by atoms with E-state index >= 15 is 0 Å². The van der Waals surface area contributed by atoms with Crippen LogP contribution in [0.15, 0.2) is 0 Å². The minimum absolute atomic E-state index is 0.119. The number of unbranched alkanes of at least 4 members (excludes halogenated alkanes) is 1. The maximum atomic E-state index is 12.0. The van der Waals surface area contributed by atoms with Gasteiger partial charge in [-0.2, -0.15) is 0 Å². The Hall–Kier alpha value is -0.730. The van der Waals surface area contributed by atoms with Crippen LogP contribution in [-0.4, -0.2) is 29.7 Å². The summed E-state index contributed by atoms with van der Waals surface area (Å²) in [7, 11) is 0. The molecular weight excluding hydrogens is 238 g/mol. The summed E-state index contributed by atoms with van der Waals surface area (Å²) in [5.41, 5.74) is -0.377. The molecule has 1 saturated carbocycles. The number of carbonyl (C=O) groups excluding carboxylic acids is 1. The molecule has 0 aromatic heterocycles. The van der Waals surface area contributed by atoms with E-state index in [0.29, 0.717) is 0 Å². The smallest absolute Gasteiger partial charge is 0.410 e. The van der Waals surface area contributed by atoms with Crippen molar-refractivity contribution >= 4 is 6.09 Å². The number of carbonyl (C=O) groups is 1. The maximum absolute atomic E-state index is 12.0. The third kappa shape index (κ3) is 3.87. The average Bonchev–Trinajstić information content (AvgIpc) is 2.81. The second-order valence-corrected chi connectivity index (χ2v) is 7.39. The Balaban J connectivity index is 1.79. The molecule has 0 aromatic rings. The van der Waals surface area contributed by atoms with Crippen molar-refractivity contribution in [2.24, 2.45) is 17.8 Å². The van der Waals surface area contributed by atoms with Crippen molar-refractivity contribution in [2.45, 2.75) is 65.4 Å². The van der Waals surface area contributed by atoms with Gasteiger partial charge in [-0.1, -0.05) is 26.2 Å². The molecule has 0 radical (unpaired) electrons. The summed E-state index contributed by atoms with van der Waals surface area (Å²) in [5, 5.41) is 0. The molecular formula is C16H29NO2. The molecule has 2 rings (SSSR count). The van der Waals surface area contributed by atoms with Crippen molar-refractivity contribution in [1.82, 2.24) is 4.90 Å². The highest BCUT2D eigenvalue weighted by Gasteiger charge is 2.42. The molecule has 1 amide bonds. The molecule has 19 heavy (non-hydrogen) atoms. The predicted octanol–water partition coefficient (Wildman–Crippen LogP) is 4.07. The quantitative estimate of drug-likeness (QED) is 0.771. The van der Waals surface area contributed by atoms with Crippen LogP contribution < -0.4 is 0 Å². The van der Waals surface area contributed by atoms with Gasteiger partial charge in [0.15, 0.2) is 0 Å². The van der Waals surface area contributed by atoms with Gasteiger partial charge >= 0.3 is 6.09 Å². The van der Waals surface area contributed by atoms with E-state index in [1.54, 1.807) is 0 Å². The minimum atomic E-state index is -0.377. The van der Waals surface area contributed by atoms with Crippen LogP contribution in [0.2, 0.25) is 0 Å². The molecule has 0 aromatic carbocycles. The Bertz CT molecular complexity index is 307. The third-order valence-corrected chi connectivity index (χ3v) is 4.47. The van der Waals surface area contributed by atoms with Crippen LogP contribution in [-0.2, 0) is 4.74 Å². The van der Waals surface area contributed by atoms with Crippen molar-refractivity contribution < 1.29 is 9.53 Å². The van der Waals surface area contributed by atoms with Gasteiger partial charge in [0.25, 0.3) is 0 Å². The van der Waals surface area contributed by atoms with Crippen molar-refractivity contribution in [3.63, 3.8) is 0 Å². The number of nitrogens with zero attached hydrogens (tertiary/aromatic N) is 1. The first-order valence-electron chi connectivity index (χ1n) is 7.87. The average molecular weight is 267 g/mol. The Morgan fingerprint density at radius 3 is 2.26 bits per heavy atom. The normalized spacial score (nSPS) is 30.5. The van der Waals surface area contributed by atoms with Crippen molar-refractivity contribution in [2.75, 3.05) is 13.1 Å². The lowest BCUT2D eigenvalue weighted by Gasteiger charge is -2.25. The molecule has 2 aliphatic rings. The van der Waals surface area contributed by atoms with Crippen LogP contribution >= 0.6 is 0 Å². The van der Waals surface area contributed by atoms with E-state index in [1.807, 2.05) is 25.7 Å². The van der Waals surface area contributed by atoms with E-state index in [1.165, 1.54) is 32.1 Å². The molecule has 0 spiro atoms. The highest BCUT2D eigenvalue weighted by atomic mass is 16.6. The van der Waals surface area contributed by atoms with E-state index in [4.69, 9.17) is 4.74 Å². The molecule has 1 heterocycles. The number of hydrogen-bond acceptors (Lipinski definition) is 2. The fraction of sp³-hybridized carbons (Fsp3) is 0.938. The first-order valence-corrected chi connectivity index (χ1v) is 7.87. The Morgan fingerprint density at radius 1 is 1.21 bits per heavy atom. The summed E-state index contributed by atoms with van der Waals surface area (Å²) in [6.45, 7) is 9.90. The van der Waals surface area contributed by atoms with E-state index in [-0.39, 0.29) is 11.7 Å². The van der Waals surface area contributed by atoms with E-state index in [0.717, 1.165) is 30.8 Å². The predicted molar refractivity (Wildman–Crippen MR) is 77.0 cm³/mol. The summed E-state index contributed by atoms with van der Waals surface area (Å²) < 4.78 is 5.47. The van der Waals surface area contributed by atoms with Gasteiger partial charge in [0.1, 0.15) is 5.60 Å². The number of rotatable bonds is 3. The summed E-state index contributed by atoms with van der Waals surface area (Å²) in [6, 6.07) is 0. The third-order valence-electron chi connectivity index (χ3n) is 4.47. The van der Waals surface area contributed by atoms with Crippen LogP contribution in [0.5, 0.6) is 0 Å². The van der Waals surface area contributed by atoms with Gasteiger partial charge in [-0.05, 0) is 51.4 Å². The Labute approximate surface area is 117 Å². The minimum Gasteiger partial charge on any atom is -0.444 e. The zero-order valence-electron chi connectivity index (χ0n) is 12.9. The molecule has 2 atom stereocenters. The molecule has 3 nitrogen and oxygen atoms in total. The van der Waals surface area contributed by atoms with Crippen LogP contribution in [0, 0.1) is 17.8 Å². The number of hydrogen-bond donors (Lipinski definition) is 0. The lowest BCUT2D eigenvalue weighted by Crippen LogP contribution is -2.36. The number of amides is 1. The highest BCUT2D eigenvalue weighted by Crippen LogP contribution is 2.43. The number of ether oxygens (including phenoxy) is 1. The number of fused-ring (bicyclic) bond motifs is 1. The summed E-state index contributed by atoms with van der Waals surface area (Å²) >= 11 is 0. The molecule has 1 aliphatic heterocycles. The molecule has 1 saturated heterocycles. The van der Waals surface area contributed by atoms with Gasteiger partial charge in [-0.3, -0.25) is 0 Å². The van der Waals surface area contributed by atoms with Crippen LogP contribution in [0.25, 0.3) is 0 Å². The topological polar surface area (TPSA) is 29.5 Å². The molecule has 3 heteroatoms. The SMILES string of the molecule is CCCCC1CC2CN(C(=O)OC(C)(C)C)CC2C1. The highest BCUT2D eigenvalue weighted by molar-refractivity contribution is 5.68. The van der Waals surface area contributed by atoms with Gasteiger partial charge in [-0.25, -0.2) is 4.79 Å². The fourth-order valence-corrected chi connectivity index (χ4v) is 3.63. The summed E-state index contributed by atoms with van der Waals surface area (Å²) in [6.07, 6.45) is 6.58. The number of likely N-dealkylation sites (tertiary alicyclic amines) is 1. The lowest BCUT2D eigenvalue weighted by atomic mass is 9.99. The van der Waals surface area contributed by atoms with E-state index < -0.39 is 0 Å². The zero-order valence-corrected chi connectivity index (χ0v) is 12.9. The zero-order chi connectivity index (χ0) is 14.0.